The Labute approximate surface area is 190 Å². The number of aromatic nitrogens is 1. The summed E-state index contributed by atoms with van der Waals surface area (Å²) in [5.41, 5.74) is 7.62. The number of piperidine rings is 1. The Hall–Kier alpha value is -2.17. The van der Waals surface area contributed by atoms with Crippen LogP contribution in [-0.4, -0.2) is 43.5 Å². The molecular formula is C21H23ClN4O3S2. The number of benzene rings is 2. The summed E-state index contributed by atoms with van der Waals surface area (Å²) in [6.45, 7) is 2.41. The topological polar surface area (TPSA) is 97.5 Å². The van der Waals surface area contributed by atoms with Gasteiger partial charge in [-0.25, -0.2) is 13.4 Å². The average Bonchev–Trinajstić information content (AvgIpc) is 3.24. The zero-order valence-electron chi connectivity index (χ0n) is 16.6. The van der Waals surface area contributed by atoms with Gasteiger partial charge in [0, 0.05) is 31.2 Å². The standard InChI is InChI=1S/C21H23ClN4O3S2/c22-17-12-16(31(27,28)25-21-24-9-11-30-21)6-7-19(17)29-20-8-10-26(14-18(20)23)13-15-4-2-1-3-5-15/h1-7,9,11-12,18,20H,8,10,13-14,23H2,(H,24,25)/t18-,20-/m1/s1. The molecule has 0 spiro atoms. The largest absolute Gasteiger partial charge is 0.487 e. The number of hydrogen-bond acceptors (Lipinski definition) is 7. The maximum absolute atomic E-state index is 12.5. The Morgan fingerprint density at radius 3 is 2.74 bits per heavy atom. The van der Waals surface area contributed by atoms with Gasteiger partial charge in [-0.3, -0.25) is 9.62 Å². The van der Waals surface area contributed by atoms with Crippen molar-refractivity contribution in [2.75, 3.05) is 17.8 Å². The van der Waals surface area contributed by atoms with E-state index in [0.717, 1.165) is 19.5 Å². The summed E-state index contributed by atoms with van der Waals surface area (Å²) >= 11 is 7.54. The second-order valence-electron chi connectivity index (χ2n) is 7.36. The lowest BCUT2D eigenvalue weighted by atomic mass is 10.0. The first-order chi connectivity index (χ1) is 14.9. The molecule has 2 aromatic carbocycles. The van der Waals surface area contributed by atoms with E-state index in [1.165, 1.54) is 35.2 Å². The molecule has 0 saturated carbocycles. The van der Waals surface area contributed by atoms with E-state index in [2.05, 4.69) is 26.7 Å². The molecule has 2 atom stereocenters. The van der Waals surface area contributed by atoms with Crippen LogP contribution in [0.1, 0.15) is 12.0 Å². The van der Waals surface area contributed by atoms with E-state index in [1.54, 1.807) is 11.4 Å². The highest BCUT2D eigenvalue weighted by Gasteiger charge is 2.29. The second kappa shape index (κ2) is 9.54. The van der Waals surface area contributed by atoms with Crippen LogP contribution < -0.4 is 15.2 Å². The molecule has 31 heavy (non-hydrogen) atoms. The molecule has 3 N–H and O–H groups in total. The van der Waals surface area contributed by atoms with Crippen molar-refractivity contribution in [2.24, 2.45) is 5.73 Å². The molecular weight excluding hydrogens is 456 g/mol. The predicted molar refractivity (Wildman–Crippen MR) is 123 cm³/mol. The maximum atomic E-state index is 12.5. The number of nitrogens with two attached hydrogens (primary N) is 1. The lowest BCUT2D eigenvalue weighted by molar-refractivity contribution is 0.0766. The normalized spacial score (nSPS) is 19.8. The number of ether oxygens (including phenoxy) is 1. The average molecular weight is 479 g/mol. The van der Waals surface area contributed by atoms with Gasteiger partial charge >= 0.3 is 0 Å². The summed E-state index contributed by atoms with van der Waals surface area (Å²) in [7, 11) is -3.78. The van der Waals surface area contributed by atoms with E-state index < -0.39 is 10.0 Å². The molecule has 4 rings (SSSR count). The van der Waals surface area contributed by atoms with Gasteiger partial charge in [0.2, 0.25) is 0 Å². The SMILES string of the molecule is N[C@@H]1CN(Cc2ccccc2)CC[C@H]1Oc1ccc(S(=O)(=O)Nc2nccs2)cc1Cl. The van der Waals surface area contributed by atoms with Gasteiger partial charge in [-0.15, -0.1) is 11.3 Å². The smallest absolute Gasteiger partial charge is 0.263 e. The molecule has 0 radical (unpaired) electrons. The molecule has 1 aliphatic heterocycles. The Bertz CT molecular complexity index is 1110. The van der Waals surface area contributed by atoms with Crippen LogP contribution in [0.2, 0.25) is 5.02 Å². The number of rotatable bonds is 7. The molecule has 0 bridgehead atoms. The molecule has 0 aliphatic carbocycles. The summed E-state index contributed by atoms with van der Waals surface area (Å²) in [5, 5.41) is 2.21. The van der Waals surface area contributed by atoms with Gasteiger partial charge in [0.15, 0.2) is 5.13 Å². The van der Waals surface area contributed by atoms with E-state index >= 15 is 0 Å². The highest BCUT2D eigenvalue weighted by molar-refractivity contribution is 7.93. The van der Waals surface area contributed by atoms with Crippen LogP contribution in [0.5, 0.6) is 5.75 Å². The van der Waals surface area contributed by atoms with Crippen LogP contribution in [0.25, 0.3) is 0 Å². The van der Waals surface area contributed by atoms with Crippen molar-refractivity contribution < 1.29 is 13.2 Å². The second-order valence-corrected chi connectivity index (χ2v) is 10.3. The van der Waals surface area contributed by atoms with Gasteiger partial charge in [0.25, 0.3) is 10.0 Å². The quantitative estimate of drug-likeness (QED) is 0.538. The number of hydrogen-bond donors (Lipinski definition) is 2. The first-order valence-corrected chi connectivity index (χ1v) is 12.6. The maximum Gasteiger partial charge on any atom is 0.263 e. The van der Waals surface area contributed by atoms with Crippen molar-refractivity contribution in [1.82, 2.24) is 9.88 Å². The van der Waals surface area contributed by atoms with Gasteiger partial charge in [-0.05, 0) is 30.2 Å². The van der Waals surface area contributed by atoms with E-state index in [-0.39, 0.29) is 22.1 Å². The number of likely N-dealkylation sites (tertiary alicyclic amines) is 1. The highest BCUT2D eigenvalue weighted by Crippen LogP contribution is 2.30. The van der Waals surface area contributed by atoms with E-state index in [0.29, 0.717) is 17.4 Å². The number of sulfonamides is 1. The third-order valence-corrected chi connectivity index (χ3v) is 7.52. The van der Waals surface area contributed by atoms with Gasteiger partial charge in [0.1, 0.15) is 11.9 Å². The van der Waals surface area contributed by atoms with Crippen LogP contribution in [0.4, 0.5) is 5.13 Å². The van der Waals surface area contributed by atoms with Crippen LogP contribution in [0.15, 0.2) is 65.0 Å². The zero-order valence-corrected chi connectivity index (χ0v) is 19.0. The van der Waals surface area contributed by atoms with Gasteiger partial charge < -0.3 is 10.5 Å². The predicted octanol–water partition coefficient (Wildman–Crippen LogP) is 3.58. The number of thiazole rings is 1. The van der Waals surface area contributed by atoms with Crippen LogP contribution in [0.3, 0.4) is 0 Å². The highest BCUT2D eigenvalue weighted by atomic mass is 35.5. The van der Waals surface area contributed by atoms with Crippen LogP contribution in [0, 0.1) is 0 Å². The minimum atomic E-state index is -3.78. The monoisotopic (exact) mass is 478 g/mol. The first-order valence-electron chi connectivity index (χ1n) is 9.81. The third-order valence-electron chi connectivity index (χ3n) is 5.07. The minimum absolute atomic E-state index is 0.0435. The van der Waals surface area contributed by atoms with E-state index in [4.69, 9.17) is 22.1 Å². The number of nitrogens with one attached hydrogen (secondary N) is 1. The van der Waals surface area contributed by atoms with Crippen molar-refractivity contribution in [3.63, 3.8) is 0 Å². The molecule has 1 aromatic heterocycles. The number of anilines is 1. The molecule has 2 heterocycles. The van der Waals surface area contributed by atoms with Gasteiger partial charge in [-0.1, -0.05) is 41.9 Å². The Balaban J connectivity index is 1.38. The van der Waals surface area contributed by atoms with E-state index in [1.807, 2.05) is 18.2 Å². The van der Waals surface area contributed by atoms with Crippen LogP contribution >= 0.6 is 22.9 Å². The summed E-state index contributed by atoms with van der Waals surface area (Å²) in [6, 6.07) is 14.5. The molecule has 1 saturated heterocycles. The fraction of sp³-hybridized carbons (Fsp3) is 0.286. The third kappa shape index (κ3) is 5.55. The molecule has 1 fully saturated rings. The van der Waals surface area contributed by atoms with Crippen molar-refractivity contribution >= 4 is 38.1 Å². The molecule has 164 valence electrons. The summed E-state index contributed by atoms with van der Waals surface area (Å²) < 4.78 is 33.5. The number of nitrogens with zero attached hydrogens (tertiary/aromatic N) is 2. The minimum Gasteiger partial charge on any atom is -0.487 e. The lowest BCUT2D eigenvalue weighted by Crippen LogP contribution is -2.53. The summed E-state index contributed by atoms with van der Waals surface area (Å²) in [6.07, 6.45) is 2.09. The van der Waals surface area contributed by atoms with Gasteiger partial charge in [0.05, 0.1) is 16.0 Å². The summed E-state index contributed by atoms with van der Waals surface area (Å²) in [5.74, 6) is 0.423. The first kappa shape index (κ1) is 22.0. The Kier molecular flexibility index (Phi) is 6.78. The Morgan fingerprint density at radius 2 is 2.06 bits per heavy atom. The Morgan fingerprint density at radius 1 is 1.26 bits per heavy atom. The lowest BCUT2D eigenvalue weighted by Gasteiger charge is -2.36. The van der Waals surface area contributed by atoms with E-state index in [9.17, 15) is 8.42 Å². The van der Waals surface area contributed by atoms with Crippen molar-refractivity contribution in [3.05, 3.63) is 70.7 Å². The van der Waals surface area contributed by atoms with Crippen molar-refractivity contribution in [2.45, 2.75) is 30.0 Å². The van der Waals surface area contributed by atoms with Gasteiger partial charge in [-0.2, -0.15) is 0 Å². The van der Waals surface area contributed by atoms with Crippen molar-refractivity contribution in [1.29, 1.82) is 0 Å². The zero-order chi connectivity index (χ0) is 21.8. The summed E-state index contributed by atoms with van der Waals surface area (Å²) in [4.78, 5) is 6.29. The molecule has 0 unspecified atom stereocenters. The van der Waals surface area contributed by atoms with Crippen LogP contribution in [-0.2, 0) is 16.6 Å². The molecule has 3 aromatic rings. The molecule has 0 amide bonds. The fourth-order valence-electron chi connectivity index (χ4n) is 3.52. The molecule has 1 aliphatic rings. The number of halogens is 1. The molecule has 7 nitrogen and oxygen atoms in total. The van der Waals surface area contributed by atoms with Crippen molar-refractivity contribution in [3.8, 4) is 5.75 Å². The fourth-order valence-corrected chi connectivity index (χ4v) is 5.62. The molecule has 10 heteroatoms.